The van der Waals surface area contributed by atoms with E-state index in [1.165, 1.54) is 17.8 Å². The van der Waals surface area contributed by atoms with Gasteiger partial charge in [-0.1, -0.05) is 6.42 Å². The van der Waals surface area contributed by atoms with Crippen molar-refractivity contribution in [1.29, 1.82) is 0 Å². The second-order valence-electron chi connectivity index (χ2n) is 6.35. The van der Waals surface area contributed by atoms with E-state index in [4.69, 9.17) is 0 Å². The molecule has 0 bridgehead atoms. The molecule has 2 aromatic heterocycles. The normalized spacial score (nSPS) is 18.7. The van der Waals surface area contributed by atoms with Gasteiger partial charge in [-0.15, -0.1) is 11.3 Å². The van der Waals surface area contributed by atoms with E-state index in [9.17, 15) is 4.79 Å². The van der Waals surface area contributed by atoms with Gasteiger partial charge in [-0.3, -0.25) is 9.69 Å². The molecule has 1 N–H and O–H groups in total. The second-order valence-corrected chi connectivity index (χ2v) is 7.21. The van der Waals surface area contributed by atoms with Crippen molar-refractivity contribution in [2.45, 2.75) is 52.6 Å². The molecular formula is C16H24N6OS. The molecule has 0 saturated carbocycles. The van der Waals surface area contributed by atoms with Crippen LogP contribution in [0.3, 0.4) is 0 Å². The highest BCUT2D eigenvalue weighted by atomic mass is 32.1. The molecule has 1 aliphatic rings. The quantitative estimate of drug-likeness (QED) is 0.896. The average Bonchev–Trinajstić information content (AvgIpc) is 3.06. The molecule has 0 aliphatic carbocycles. The van der Waals surface area contributed by atoms with Crippen molar-refractivity contribution in [2.24, 2.45) is 0 Å². The van der Waals surface area contributed by atoms with E-state index >= 15 is 0 Å². The standard InChI is InChI=1S/C16H24N6OS/c1-11-10-24-16(17-11)19-15(23)9-21-7-5-4-6-14(21)8-22-13(3)18-12(2)20-22/h10,14H,4-9H2,1-3H3,(H,17,19,23)/t14-/m0/s1. The zero-order valence-electron chi connectivity index (χ0n) is 14.4. The van der Waals surface area contributed by atoms with Gasteiger partial charge in [-0.05, 0) is 40.2 Å². The number of thiazole rings is 1. The summed E-state index contributed by atoms with van der Waals surface area (Å²) in [4.78, 5) is 23.3. The Morgan fingerprint density at radius 1 is 1.33 bits per heavy atom. The van der Waals surface area contributed by atoms with Gasteiger partial charge in [0, 0.05) is 11.4 Å². The van der Waals surface area contributed by atoms with Crippen LogP contribution in [0, 0.1) is 20.8 Å². The summed E-state index contributed by atoms with van der Waals surface area (Å²) in [6, 6.07) is 0.322. The summed E-state index contributed by atoms with van der Waals surface area (Å²) >= 11 is 1.46. The van der Waals surface area contributed by atoms with E-state index in [0.29, 0.717) is 17.7 Å². The smallest absolute Gasteiger partial charge is 0.240 e. The fourth-order valence-corrected chi connectivity index (χ4v) is 3.87. The monoisotopic (exact) mass is 348 g/mol. The number of hydrogen-bond acceptors (Lipinski definition) is 6. The summed E-state index contributed by atoms with van der Waals surface area (Å²) in [5.41, 5.74) is 0.933. The number of anilines is 1. The number of likely N-dealkylation sites (tertiary alicyclic amines) is 1. The number of nitrogens with one attached hydrogen (secondary N) is 1. The summed E-state index contributed by atoms with van der Waals surface area (Å²) < 4.78 is 1.96. The minimum absolute atomic E-state index is 0.00254. The maximum Gasteiger partial charge on any atom is 0.240 e. The molecule has 0 aromatic carbocycles. The van der Waals surface area contributed by atoms with Crippen LogP contribution >= 0.6 is 11.3 Å². The zero-order chi connectivity index (χ0) is 17.1. The van der Waals surface area contributed by atoms with Crippen molar-refractivity contribution < 1.29 is 4.79 Å². The summed E-state index contributed by atoms with van der Waals surface area (Å²) in [7, 11) is 0. The van der Waals surface area contributed by atoms with E-state index in [1.807, 2.05) is 30.8 Å². The molecule has 0 radical (unpaired) electrons. The van der Waals surface area contributed by atoms with Crippen LogP contribution < -0.4 is 5.32 Å². The highest BCUT2D eigenvalue weighted by Crippen LogP contribution is 2.19. The SMILES string of the molecule is Cc1csc(NC(=O)CN2CCCC[C@H]2Cn2nc(C)nc2C)n1. The van der Waals surface area contributed by atoms with Crippen LogP contribution in [0.5, 0.6) is 0 Å². The molecular weight excluding hydrogens is 324 g/mol. The minimum Gasteiger partial charge on any atom is -0.301 e. The van der Waals surface area contributed by atoms with Crippen LogP contribution in [0.2, 0.25) is 0 Å². The van der Waals surface area contributed by atoms with Gasteiger partial charge < -0.3 is 5.32 Å². The summed E-state index contributed by atoms with van der Waals surface area (Å²) in [5.74, 6) is 1.73. The molecule has 0 unspecified atom stereocenters. The maximum atomic E-state index is 12.3. The van der Waals surface area contributed by atoms with Gasteiger partial charge in [-0.2, -0.15) is 5.10 Å². The molecule has 2 aromatic rings. The molecule has 0 spiro atoms. The number of nitrogens with zero attached hydrogens (tertiary/aromatic N) is 5. The highest BCUT2D eigenvalue weighted by molar-refractivity contribution is 7.13. The van der Waals surface area contributed by atoms with Gasteiger partial charge in [0.2, 0.25) is 5.91 Å². The first-order valence-electron chi connectivity index (χ1n) is 8.35. The van der Waals surface area contributed by atoms with Crippen LogP contribution in [0.15, 0.2) is 5.38 Å². The third-order valence-corrected chi connectivity index (χ3v) is 5.18. The van der Waals surface area contributed by atoms with Crippen LogP contribution in [0.1, 0.15) is 36.6 Å². The first kappa shape index (κ1) is 17.0. The van der Waals surface area contributed by atoms with E-state index in [-0.39, 0.29) is 5.91 Å². The molecule has 8 heteroatoms. The fraction of sp³-hybridized carbons (Fsp3) is 0.625. The van der Waals surface area contributed by atoms with Crippen molar-refractivity contribution in [3.63, 3.8) is 0 Å². The highest BCUT2D eigenvalue weighted by Gasteiger charge is 2.25. The van der Waals surface area contributed by atoms with Crippen molar-refractivity contribution in [2.75, 3.05) is 18.4 Å². The average molecular weight is 348 g/mol. The number of aromatic nitrogens is 4. The van der Waals surface area contributed by atoms with Gasteiger partial charge in [0.1, 0.15) is 11.6 Å². The predicted octanol–water partition coefficient (Wildman–Crippen LogP) is 2.15. The van der Waals surface area contributed by atoms with E-state index in [0.717, 1.165) is 43.3 Å². The molecule has 1 aliphatic heterocycles. The van der Waals surface area contributed by atoms with Gasteiger partial charge >= 0.3 is 0 Å². The zero-order valence-corrected chi connectivity index (χ0v) is 15.3. The molecule has 1 amide bonds. The molecule has 3 heterocycles. The molecule has 1 saturated heterocycles. The van der Waals surface area contributed by atoms with E-state index in [1.54, 1.807) is 0 Å². The Bertz CT molecular complexity index is 709. The van der Waals surface area contributed by atoms with Gasteiger partial charge in [-0.25, -0.2) is 14.6 Å². The van der Waals surface area contributed by atoms with Crippen molar-refractivity contribution in [3.8, 4) is 0 Å². The first-order chi connectivity index (χ1) is 11.5. The van der Waals surface area contributed by atoms with E-state index in [2.05, 4.69) is 25.3 Å². The Morgan fingerprint density at radius 3 is 2.83 bits per heavy atom. The third-order valence-electron chi connectivity index (χ3n) is 4.31. The van der Waals surface area contributed by atoms with Gasteiger partial charge in [0.05, 0.1) is 18.8 Å². The fourth-order valence-electron chi connectivity index (χ4n) is 3.16. The number of piperidine rings is 1. The predicted molar refractivity (Wildman–Crippen MR) is 94.2 cm³/mol. The summed E-state index contributed by atoms with van der Waals surface area (Å²) in [6.45, 7) is 7.94. The second kappa shape index (κ2) is 7.40. The molecule has 1 atom stereocenters. The Morgan fingerprint density at radius 2 is 2.17 bits per heavy atom. The Balaban J connectivity index is 1.61. The summed E-state index contributed by atoms with van der Waals surface area (Å²) in [5, 5.41) is 9.97. The lowest BCUT2D eigenvalue weighted by Crippen LogP contribution is -2.46. The van der Waals surface area contributed by atoms with Gasteiger partial charge in [0.15, 0.2) is 5.13 Å². The molecule has 3 rings (SSSR count). The van der Waals surface area contributed by atoms with Gasteiger partial charge in [0.25, 0.3) is 0 Å². The maximum absolute atomic E-state index is 12.3. The topological polar surface area (TPSA) is 75.9 Å². The largest absolute Gasteiger partial charge is 0.301 e. The lowest BCUT2D eigenvalue weighted by Gasteiger charge is -2.35. The lowest BCUT2D eigenvalue weighted by atomic mass is 10.0. The van der Waals surface area contributed by atoms with Crippen molar-refractivity contribution in [3.05, 3.63) is 22.7 Å². The number of carbonyl (C=O) groups excluding carboxylic acids is 1. The number of hydrogen-bond donors (Lipinski definition) is 1. The lowest BCUT2D eigenvalue weighted by molar-refractivity contribution is -0.118. The Kier molecular flexibility index (Phi) is 5.25. The van der Waals surface area contributed by atoms with Crippen LogP contribution in [0.4, 0.5) is 5.13 Å². The molecule has 130 valence electrons. The number of carbonyl (C=O) groups is 1. The molecule has 24 heavy (non-hydrogen) atoms. The Hall–Kier alpha value is -1.80. The minimum atomic E-state index is 0.00254. The number of aryl methyl sites for hydroxylation is 3. The van der Waals surface area contributed by atoms with E-state index < -0.39 is 0 Å². The Labute approximate surface area is 146 Å². The van der Waals surface area contributed by atoms with Crippen LogP contribution in [0.25, 0.3) is 0 Å². The van der Waals surface area contributed by atoms with Crippen LogP contribution in [-0.2, 0) is 11.3 Å². The third kappa shape index (κ3) is 4.18. The van der Waals surface area contributed by atoms with Crippen LogP contribution in [-0.4, -0.2) is 49.7 Å². The summed E-state index contributed by atoms with van der Waals surface area (Å²) in [6.07, 6.45) is 3.42. The number of amides is 1. The van der Waals surface area contributed by atoms with Crippen molar-refractivity contribution in [1.82, 2.24) is 24.6 Å². The molecule has 1 fully saturated rings. The van der Waals surface area contributed by atoms with Crippen molar-refractivity contribution >= 4 is 22.4 Å². The molecule has 7 nitrogen and oxygen atoms in total. The number of rotatable bonds is 5. The first-order valence-corrected chi connectivity index (χ1v) is 9.23.